The first-order valence-electron chi connectivity index (χ1n) is 16.7. The van der Waals surface area contributed by atoms with Crippen LogP contribution in [0.25, 0.3) is 0 Å². The average molecular weight is 629 g/mol. The van der Waals surface area contributed by atoms with Gasteiger partial charge in [-0.05, 0) is 12.8 Å². The first kappa shape index (κ1) is 44.2. The van der Waals surface area contributed by atoms with E-state index in [1.165, 1.54) is 103 Å². The normalized spacial score (nSPS) is 13.2. The summed E-state index contributed by atoms with van der Waals surface area (Å²) in [4.78, 5) is 36.1. The first-order valence-corrected chi connectivity index (χ1v) is 18.2. The number of esters is 2. The molecule has 244 valence electrons. The minimum Gasteiger partial charge on any atom is -0.756 e. The van der Waals surface area contributed by atoms with E-state index in [9.17, 15) is 19.0 Å². The monoisotopic (exact) mass is 628 g/mol. The Morgan fingerprint density at radius 2 is 0.952 bits per heavy atom. The van der Waals surface area contributed by atoms with Gasteiger partial charge in [-0.3, -0.25) is 14.2 Å². The molecule has 0 saturated carbocycles. The average Bonchev–Trinajstić information content (AvgIpc) is 2.96. The number of rotatable bonds is 31. The second kappa shape index (κ2) is 32.4. The Balaban J connectivity index is 0. The Morgan fingerprint density at radius 1 is 0.595 bits per heavy atom. The van der Waals surface area contributed by atoms with Gasteiger partial charge in [-0.2, -0.15) is 0 Å². The number of carbonyl (C=O) groups excluding carboxylic acids is 2. The molecule has 8 nitrogen and oxygen atoms in total. The van der Waals surface area contributed by atoms with Crippen molar-refractivity contribution in [3.8, 4) is 0 Å². The third-order valence-electron chi connectivity index (χ3n) is 7.34. The van der Waals surface area contributed by atoms with E-state index >= 15 is 0 Å². The van der Waals surface area contributed by atoms with Crippen LogP contribution in [0.2, 0.25) is 0 Å². The maximum absolute atomic E-state index is 12.3. The van der Waals surface area contributed by atoms with Gasteiger partial charge in [0.05, 0.1) is 6.61 Å². The molecule has 0 spiro atoms. The van der Waals surface area contributed by atoms with E-state index in [4.69, 9.17) is 14.0 Å². The van der Waals surface area contributed by atoms with Crippen LogP contribution in [0.1, 0.15) is 168 Å². The number of unbranched alkanes of at least 4 members (excludes halogenated alkanes) is 20. The molecule has 0 heterocycles. The van der Waals surface area contributed by atoms with Gasteiger partial charge in [-0.1, -0.05) is 142 Å². The Bertz CT molecular complexity index is 664. The zero-order valence-corrected chi connectivity index (χ0v) is 30.6. The molecule has 0 amide bonds. The number of ether oxygens (including phenoxy) is 2. The zero-order valence-electron chi connectivity index (χ0n) is 27.7. The molecule has 0 bridgehead atoms. The van der Waals surface area contributed by atoms with Gasteiger partial charge >= 0.3 is 41.5 Å². The minimum atomic E-state index is -4.49. The fourth-order valence-electron chi connectivity index (χ4n) is 4.71. The summed E-state index contributed by atoms with van der Waals surface area (Å²) >= 11 is 0. The van der Waals surface area contributed by atoms with Gasteiger partial charge in [-0.25, -0.2) is 0 Å². The summed E-state index contributed by atoms with van der Waals surface area (Å²) in [7, 11) is -3.49. The number of carbonyl (C=O) groups is 2. The molecule has 0 rings (SSSR count). The number of phosphoric ester groups is 1. The molecule has 42 heavy (non-hydrogen) atoms. The number of hydrogen-bond acceptors (Lipinski definition) is 8. The van der Waals surface area contributed by atoms with E-state index < -0.39 is 26.5 Å². The molecule has 0 aliphatic heterocycles. The number of phosphoric acid groups is 1. The topological polar surface area (TPSA) is 111 Å². The molecule has 0 aliphatic carbocycles. The number of hydrogen-bond donors (Lipinski definition) is 0. The maximum atomic E-state index is 12.3. The van der Waals surface area contributed by atoms with Crippen LogP contribution in [0.5, 0.6) is 0 Å². The Labute approximate surface area is 280 Å². The molecule has 0 N–H and O–H groups in total. The summed E-state index contributed by atoms with van der Waals surface area (Å²) in [5, 5.41) is 0. The van der Waals surface area contributed by atoms with Gasteiger partial charge in [0.15, 0.2) is 6.10 Å². The van der Waals surface area contributed by atoms with Crippen LogP contribution in [-0.4, -0.2) is 38.4 Å². The predicted molar refractivity (Wildman–Crippen MR) is 164 cm³/mol. The van der Waals surface area contributed by atoms with Crippen molar-refractivity contribution in [1.82, 2.24) is 0 Å². The third-order valence-corrected chi connectivity index (χ3v) is 8.25. The third kappa shape index (κ3) is 31.5. The van der Waals surface area contributed by atoms with E-state index in [1.807, 2.05) is 0 Å². The summed E-state index contributed by atoms with van der Waals surface area (Å²) < 4.78 is 31.3. The molecule has 0 aliphatic rings. The minimum absolute atomic E-state index is 0. The predicted octanol–water partition coefficient (Wildman–Crippen LogP) is 5.98. The van der Waals surface area contributed by atoms with Crippen molar-refractivity contribution in [3.63, 3.8) is 0 Å². The van der Waals surface area contributed by atoms with E-state index in [0.717, 1.165) is 39.2 Å². The smallest absolute Gasteiger partial charge is 0.756 e. The van der Waals surface area contributed by atoms with Gasteiger partial charge in [0, 0.05) is 20.0 Å². The molecule has 0 aromatic carbocycles. The fraction of sp³-hybridized carbons (Fsp3) is 0.938. The van der Waals surface area contributed by atoms with Crippen LogP contribution >= 0.6 is 7.82 Å². The van der Waals surface area contributed by atoms with Gasteiger partial charge in [0.2, 0.25) is 0 Å². The second-order valence-corrected chi connectivity index (χ2v) is 12.8. The van der Waals surface area contributed by atoms with Crippen LogP contribution in [0.4, 0.5) is 0 Å². The van der Waals surface area contributed by atoms with Crippen LogP contribution in [0, 0.1) is 0 Å². The molecular formula is C32H62NaO8P. The van der Waals surface area contributed by atoms with Gasteiger partial charge < -0.3 is 23.4 Å². The fourth-order valence-corrected chi connectivity index (χ4v) is 5.17. The summed E-state index contributed by atoms with van der Waals surface area (Å²) in [5.74, 6) is -0.835. The SMILES string of the molecule is CCCCCCCCCCCCCC(=O)OC[C@H](COP(=O)([O-])OC)OC(=O)CCCCCCCCCCCCC.[Na+]. The standard InChI is InChI=1S/C32H63O8P.Na/c1-4-6-8-10-12-14-16-18-20-22-24-26-31(33)38-28-30(29-39-41(35,36)37-3)40-32(34)27-25-23-21-19-17-15-13-11-9-7-5-2;/h30H,4-29H2,1-3H3,(H,35,36);/q;+1/p-1/t30-;/m1./s1. The van der Waals surface area contributed by atoms with Crippen molar-refractivity contribution < 1.29 is 67.1 Å². The van der Waals surface area contributed by atoms with E-state index in [-0.39, 0.29) is 55.0 Å². The van der Waals surface area contributed by atoms with Crippen molar-refractivity contribution in [2.24, 2.45) is 0 Å². The molecule has 0 radical (unpaired) electrons. The molecule has 1 unspecified atom stereocenters. The van der Waals surface area contributed by atoms with Crippen LogP contribution in [0.3, 0.4) is 0 Å². The van der Waals surface area contributed by atoms with Gasteiger partial charge in [0.1, 0.15) is 6.61 Å². The van der Waals surface area contributed by atoms with Crippen LogP contribution in [-0.2, 0) is 32.7 Å². The molecule has 0 saturated heterocycles. The van der Waals surface area contributed by atoms with Crippen molar-refractivity contribution in [2.45, 2.75) is 174 Å². The first-order chi connectivity index (χ1) is 19.8. The molecule has 10 heteroatoms. The van der Waals surface area contributed by atoms with Gasteiger partial charge in [0.25, 0.3) is 7.82 Å². The van der Waals surface area contributed by atoms with Crippen LogP contribution in [0.15, 0.2) is 0 Å². The molecule has 2 atom stereocenters. The summed E-state index contributed by atoms with van der Waals surface area (Å²) in [6.45, 7) is 3.76. The Morgan fingerprint density at radius 3 is 1.33 bits per heavy atom. The molecular weight excluding hydrogens is 566 g/mol. The maximum Gasteiger partial charge on any atom is 1.00 e. The quantitative estimate of drug-likeness (QED) is 0.0399. The van der Waals surface area contributed by atoms with E-state index in [1.54, 1.807) is 0 Å². The Hall–Kier alpha value is 0.0500. The Kier molecular flexibility index (Phi) is 34.1. The van der Waals surface area contributed by atoms with E-state index in [0.29, 0.717) is 6.42 Å². The van der Waals surface area contributed by atoms with Crippen molar-refractivity contribution in [2.75, 3.05) is 20.3 Å². The molecule has 0 fully saturated rings. The summed E-state index contributed by atoms with van der Waals surface area (Å²) in [6, 6.07) is 0. The van der Waals surface area contributed by atoms with Crippen molar-refractivity contribution >= 4 is 19.8 Å². The second-order valence-electron chi connectivity index (χ2n) is 11.3. The van der Waals surface area contributed by atoms with Crippen LogP contribution < -0.4 is 34.5 Å². The zero-order chi connectivity index (χ0) is 30.4. The van der Waals surface area contributed by atoms with Gasteiger partial charge in [-0.15, -0.1) is 0 Å². The van der Waals surface area contributed by atoms with Crippen molar-refractivity contribution in [3.05, 3.63) is 0 Å². The summed E-state index contributed by atoms with van der Waals surface area (Å²) in [6.07, 6.45) is 25.6. The van der Waals surface area contributed by atoms with Crippen molar-refractivity contribution in [1.29, 1.82) is 0 Å². The molecule has 0 aromatic heterocycles. The molecule has 0 aromatic rings. The summed E-state index contributed by atoms with van der Waals surface area (Å²) in [5.41, 5.74) is 0. The van der Waals surface area contributed by atoms with E-state index in [2.05, 4.69) is 18.4 Å². The largest absolute Gasteiger partial charge is 1.00 e.